The summed E-state index contributed by atoms with van der Waals surface area (Å²) in [4.78, 5) is 22.5. The summed E-state index contributed by atoms with van der Waals surface area (Å²) in [6.45, 7) is 6.05. The van der Waals surface area contributed by atoms with Crippen LogP contribution in [0.2, 0.25) is 0 Å². The minimum atomic E-state index is -0.0466. The summed E-state index contributed by atoms with van der Waals surface area (Å²) in [6.07, 6.45) is 1.41. The fourth-order valence-corrected chi connectivity index (χ4v) is 1.16. The molecule has 17 heavy (non-hydrogen) atoms. The monoisotopic (exact) mass is 265 g/mol. The Labute approximate surface area is 109 Å². The van der Waals surface area contributed by atoms with E-state index in [0.717, 1.165) is 0 Å². The summed E-state index contributed by atoms with van der Waals surface area (Å²) in [6, 6.07) is 0.177. The van der Waals surface area contributed by atoms with E-state index in [1.165, 1.54) is 0 Å². The maximum absolute atomic E-state index is 11.3. The molecule has 0 aliphatic rings. The van der Waals surface area contributed by atoms with Crippen LogP contribution in [-0.2, 0) is 9.59 Å². The Morgan fingerprint density at radius 1 is 1.12 bits per heavy atom. The highest BCUT2D eigenvalue weighted by Gasteiger charge is 2.05. The van der Waals surface area contributed by atoms with Gasteiger partial charge in [-0.05, 0) is 27.2 Å². The first-order valence-electron chi connectivity index (χ1n) is 5.73. The van der Waals surface area contributed by atoms with E-state index in [1.54, 1.807) is 0 Å². The summed E-state index contributed by atoms with van der Waals surface area (Å²) >= 11 is 0. The maximum atomic E-state index is 11.3. The summed E-state index contributed by atoms with van der Waals surface area (Å²) in [7, 11) is 0. The SMILES string of the molecule is CC(N)CCC(=O)NCCC(=O)NC(C)C.Cl. The van der Waals surface area contributed by atoms with Crippen molar-refractivity contribution in [2.24, 2.45) is 5.73 Å². The molecule has 0 bridgehead atoms. The largest absolute Gasteiger partial charge is 0.356 e. The number of nitrogens with two attached hydrogens (primary N) is 1. The van der Waals surface area contributed by atoms with Gasteiger partial charge < -0.3 is 16.4 Å². The Morgan fingerprint density at radius 2 is 1.71 bits per heavy atom. The van der Waals surface area contributed by atoms with Crippen molar-refractivity contribution >= 4 is 24.2 Å². The Balaban J connectivity index is 0. The second-order valence-electron chi connectivity index (χ2n) is 4.34. The minimum absolute atomic E-state index is 0. The molecule has 0 aromatic carbocycles. The van der Waals surface area contributed by atoms with Gasteiger partial charge in [-0.2, -0.15) is 0 Å². The number of rotatable bonds is 7. The van der Waals surface area contributed by atoms with Gasteiger partial charge in [-0.1, -0.05) is 0 Å². The van der Waals surface area contributed by atoms with Crippen molar-refractivity contribution in [3.63, 3.8) is 0 Å². The number of amides is 2. The molecular formula is C11H24ClN3O2. The van der Waals surface area contributed by atoms with Crippen LogP contribution in [-0.4, -0.2) is 30.4 Å². The summed E-state index contributed by atoms with van der Waals surface area (Å²) < 4.78 is 0. The van der Waals surface area contributed by atoms with Gasteiger partial charge in [0.25, 0.3) is 0 Å². The predicted molar refractivity (Wildman–Crippen MR) is 71.0 cm³/mol. The third kappa shape index (κ3) is 13.1. The molecule has 0 aromatic heterocycles. The highest BCUT2D eigenvalue weighted by Crippen LogP contribution is 1.92. The van der Waals surface area contributed by atoms with E-state index < -0.39 is 0 Å². The molecule has 102 valence electrons. The van der Waals surface area contributed by atoms with E-state index in [2.05, 4.69) is 10.6 Å². The first-order chi connectivity index (χ1) is 7.41. The van der Waals surface area contributed by atoms with Crippen molar-refractivity contribution in [1.82, 2.24) is 10.6 Å². The quantitative estimate of drug-likeness (QED) is 0.629. The average molecular weight is 266 g/mol. The zero-order valence-corrected chi connectivity index (χ0v) is 11.6. The van der Waals surface area contributed by atoms with E-state index in [-0.39, 0.29) is 36.3 Å². The van der Waals surface area contributed by atoms with E-state index in [4.69, 9.17) is 5.73 Å². The molecule has 0 aromatic rings. The van der Waals surface area contributed by atoms with Crippen molar-refractivity contribution < 1.29 is 9.59 Å². The second-order valence-corrected chi connectivity index (χ2v) is 4.34. The molecule has 6 heteroatoms. The molecule has 0 rings (SSSR count). The van der Waals surface area contributed by atoms with Crippen LogP contribution in [0.1, 0.15) is 40.0 Å². The summed E-state index contributed by atoms with van der Waals surface area (Å²) in [5.41, 5.74) is 5.53. The third-order valence-corrected chi connectivity index (χ3v) is 1.95. The minimum Gasteiger partial charge on any atom is -0.356 e. The van der Waals surface area contributed by atoms with E-state index in [0.29, 0.717) is 25.8 Å². The van der Waals surface area contributed by atoms with Crippen molar-refractivity contribution in [2.75, 3.05) is 6.54 Å². The van der Waals surface area contributed by atoms with Crippen molar-refractivity contribution in [2.45, 2.75) is 52.1 Å². The molecule has 1 atom stereocenters. The lowest BCUT2D eigenvalue weighted by molar-refractivity contribution is -0.122. The lowest BCUT2D eigenvalue weighted by Crippen LogP contribution is -2.34. The van der Waals surface area contributed by atoms with Crippen LogP contribution in [0.25, 0.3) is 0 Å². The second kappa shape index (κ2) is 10.4. The van der Waals surface area contributed by atoms with Crippen LogP contribution in [0.4, 0.5) is 0 Å². The van der Waals surface area contributed by atoms with Gasteiger partial charge in [-0.15, -0.1) is 12.4 Å². The van der Waals surface area contributed by atoms with Gasteiger partial charge in [0.05, 0.1) is 0 Å². The van der Waals surface area contributed by atoms with Gasteiger partial charge in [-0.3, -0.25) is 9.59 Å². The topological polar surface area (TPSA) is 84.2 Å². The van der Waals surface area contributed by atoms with E-state index in [9.17, 15) is 9.59 Å². The molecule has 0 heterocycles. The fraction of sp³-hybridized carbons (Fsp3) is 0.818. The third-order valence-electron chi connectivity index (χ3n) is 1.95. The van der Waals surface area contributed by atoms with Crippen LogP contribution in [0.3, 0.4) is 0 Å². The number of hydrogen-bond acceptors (Lipinski definition) is 3. The van der Waals surface area contributed by atoms with Crippen LogP contribution < -0.4 is 16.4 Å². The predicted octanol–water partition coefficient (Wildman–Crippen LogP) is 0.567. The van der Waals surface area contributed by atoms with Gasteiger partial charge in [0, 0.05) is 31.5 Å². The highest BCUT2D eigenvalue weighted by molar-refractivity contribution is 5.85. The van der Waals surface area contributed by atoms with Crippen LogP contribution in [0.5, 0.6) is 0 Å². The highest BCUT2D eigenvalue weighted by atomic mass is 35.5. The standard InChI is InChI=1S/C11H23N3O2.ClH/c1-8(2)14-11(16)6-7-13-10(15)5-4-9(3)12;/h8-9H,4-7,12H2,1-3H3,(H,13,15)(H,14,16);1H. The van der Waals surface area contributed by atoms with Gasteiger partial charge in [-0.25, -0.2) is 0 Å². The number of halogens is 1. The lowest BCUT2D eigenvalue weighted by Gasteiger charge is -2.09. The molecule has 1 unspecified atom stereocenters. The maximum Gasteiger partial charge on any atom is 0.221 e. The Morgan fingerprint density at radius 3 is 2.18 bits per heavy atom. The molecule has 0 aliphatic carbocycles. The smallest absolute Gasteiger partial charge is 0.221 e. The van der Waals surface area contributed by atoms with E-state index in [1.807, 2.05) is 20.8 Å². The molecule has 0 radical (unpaired) electrons. The number of carbonyl (C=O) groups excluding carboxylic acids is 2. The normalized spacial score (nSPS) is 11.6. The van der Waals surface area contributed by atoms with Gasteiger partial charge in [0.2, 0.25) is 11.8 Å². The van der Waals surface area contributed by atoms with Crippen LogP contribution in [0, 0.1) is 0 Å². The zero-order chi connectivity index (χ0) is 12.6. The van der Waals surface area contributed by atoms with Gasteiger partial charge in [0.15, 0.2) is 0 Å². The fourth-order valence-electron chi connectivity index (χ4n) is 1.16. The Bertz CT molecular complexity index is 233. The molecule has 0 saturated carbocycles. The van der Waals surface area contributed by atoms with Gasteiger partial charge >= 0.3 is 0 Å². The average Bonchev–Trinajstić information content (AvgIpc) is 2.13. The number of nitrogens with one attached hydrogen (secondary N) is 2. The first-order valence-corrected chi connectivity index (χ1v) is 5.73. The number of hydrogen-bond donors (Lipinski definition) is 3. The lowest BCUT2D eigenvalue weighted by atomic mass is 10.2. The molecule has 2 amide bonds. The van der Waals surface area contributed by atoms with Crippen molar-refractivity contribution in [1.29, 1.82) is 0 Å². The zero-order valence-electron chi connectivity index (χ0n) is 10.8. The van der Waals surface area contributed by atoms with Crippen molar-refractivity contribution in [3.8, 4) is 0 Å². The molecule has 0 saturated heterocycles. The Hall–Kier alpha value is -0.810. The molecule has 0 spiro atoms. The van der Waals surface area contributed by atoms with Gasteiger partial charge in [0.1, 0.15) is 0 Å². The van der Waals surface area contributed by atoms with Crippen LogP contribution >= 0.6 is 12.4 Å². The summed E-state index contributed by atoms with van der Waals surface area (Å²) in [5.74, 6) is -0.0860. The molecule has 4 N–H and O–H groups in total. The molecule has 5 nitrogen and oxygen atoms in total. The van der Waals surface area contributed by atoms with Crippen LogP contribution in [0.15, 0.2) is 0 Å². The molecule has 0 fully saturated rings. The Kier molecular flexibility index (Phi) is 11.3. The van der Waals surface area contributed by atoms with E-state index >= 15 is 0 Å². The first kappa shape index (κ1) is 18.6. The van der Waals surface area contributed by atoms with Crippen molar-refractivity contribution in [3.05, 3.63) is 0 Å². The summed E-state index contributed by atoms with van der Waals surface area (Å²) in [5, 5.41) is 5.44. The molecular weight excluding hydrogens is 242 g/mol. The molecule has 0 aliphatic heterocycles. The number of carbonyl (C=O) groups is 2.